The van der Waals surface area contributed by atoms with Crippen molar-refractivity contribution in [1.82, 2.24) is 0 Å². The summed E-state index contributed by atoms with van der Waals surface area (Å²) in [5.41, 5.74) is 4.15. The predicted octanol–water partition coefficient (Wildman–Crippen LogP) is 7.21. The van der Waals surface area contributed by atoms with E-state index in [0.29, 0.717) is 25.7 Å². The van der Waals surface area contributed by atoms with Crippen LogP contribution in [0.25, 0.3) is 0 Å². The van der Waals surface area contributed by atoms with E-state index in [1.807, 2.05) is 97.1 Å². The highest BCUT2D eigenvalue weighted by molar-refractivity contribution is 8.01. The van der Waals surface area contributed by atoms with Crippen LogP contribution < -0.4 is 0 Å². The molecule has 0 aliphatic rings. The van der Waals surface area contributed by atoms with Crippen molar-refractivity contribution in [3.05, 3.63) is 144 Å². The summed E-state index contributed by atoms with van der Waals surface area (Å²) in [5.74, 6) is -0.610. The van der Waals surface area contributed by atoms with Crippen LogP contribution >= 0.6 is 11.8 Å². The molecular formula is C34H34O4S. The molecule has 5 heteroatoms. The Morgan fingerprint density at radius 1 is 0.487 bits per heavy atom. The van der Waals surface area contributed by atoms with Gasteiger partial charge in [-0.25, -0.2) is 0 Å². The summed E-state index contributed by atoms with van der Waals surface area (Å²) >= 11 is 1.37. The summed E-state index contributed by atoms with van der Waals surface area (Å²) in [6.07, 6.45) is 2.55. The van der Waals surface area contributed by atoms with Gasteiger partial charge in [0.2, 0.25) is 0 Å². The molecule has 0 radical (unpaired) electrons. The quantitative estimate of drug-likeness (QED) is 0.159. The van der Waals surface area contributed by atoms with Crippen molar-refractivity contribution in [1.29, 1.82) is 0 Å². The van der Waals surface area contributed by atoms with E-state index in [-0.39, 0.29) is 25.2 Å². The molecule has 0 saturated heterocycles. The summed E-state index contributed by atoms with van der Waals surface area (Å²) in [6.45, 7) is 0.407. The van der Waals surface area contributed by atoms with Crippen LogP contribution in [0.4, 0.5) is 0 Å². The molecule has 0 N–H and O–H groups in total. The van der Waals surface area contributed by atoms with E-state index < -0.39 is 10.5 Å². The molecule has 39 heavy (non-hydrogen) atoms. The number of carbonyl (C=O) groups excluding carboxylic acids is 2. The number of hydrogen-bond donors (Lipinski definition) is 0. The van der Waals surface area contributed by atoms with E-state index in [4.69, 9.17) is 9.47 Å². The molecular weight excluding hydrogens is 504 g/mol. The smallest absolute Gasteiger partial charge is 0.319 e. The second-order valence-corrected chi connectivity index (χ2v) is 10.8. The van der Waals surface area contributed by atoms with E-state index in [1.165, 1.54) is 11.8 Å². The second kappa shape index (κ2) is 15.6. The molecule has 0 aliphatic carbocycles. The van der Waals surface area contributed by atoms with Gasteiger partial charge in [-0.1, -0.05) is 121 Å². The van der Waals surface area contributed by atoms with Crippen LogP contribution in [0, 0.1) is 0 Å². The number of ether oxygens (including phenoxy) is 2. The van der Waals surface area contributed by atoms with Crippen LogP contribution in [0.15, 0.2) is 121 Å². The van der Waals surface area contributed by atoms with Gasteiger partial charge in [-0.3, -0.25) is 9.59 Å². The average molecular weight is 539 g/mol. The minimum atomic E-state index is -0.501. The van der Waals surface area contributed by atoms with Gasteiger partial charge in [0, 0.05) is 0 Å². The second-order valence-electron chi connectivity index (χ2n) is 9.35. The fourth-order valence-corrected chi connectivity index (χ4v) is 5.47. The molecule has 2 atom stereocenters. The summed E-state index contributed by atoms with van der Waals surface area (Å²) < 4.78 is 11.5. The van der Waals surface area contributed by atoms with E-state index >= 15 is 0 Å². The van der Waals surface area contributed by atoms with Crippen molar-refractivity contribution in [3.8, 4) is 0 Å². The van der Waals surface area contributed by atoms with Crippen LogP contribution in [0.3, 0.4) is 0 Å². The lowest BCUT2D eigenvalue weighted by molar-refractivity contribution is -0.144. The highest BCUT2D eigenvalue weighted by Gasteiger charge is 2.30. The predicted molar refractivity (Wildman–Crippen MR) is 157 cm³/mol. The number of esters is 2. The molecule has 4 nitrogen and oxygen atoms in total. The first-order chi connectivity index (χ1) is 19.2. The Hall–Kier alpha value is -3.83. The van der Waals surface area contributed by atoms with Crippen LogP contribution in [-0.4, -0.2) is 22.4 Å². The normalized spacial score (nSPS) is 12.3. The molecule has 4 aromatic carbocycles. The van der Waals surface area contributed by atoms with Crippen molar-refractivity contribution in [2.45, 2.75) is 49.4 Å². The highest BCUT2D eigenvalue weighted by Crippen LogP contribution is 2.29. The Kier molecular flexibility index (Phi) is 11.2. The third-order valence-corrected chi connectivity index (χ3v) is 7.89. The van der Waals surface area contributed by atoms with Crippen molar-refractivity contribution in [2.75, 3.05) is 0 Å². The molecule has 0 aromatic heterocycles. The number of hydrogen-bond acceptors (Lipinski definition) is 5. The zero-order chi connectivity index (χ0) is 27.1. The number of rotatable bonds is 14. The van der Waals surface area contributed by atoms with Crippen molar-refractivity contribution in [3.63, 3.8) is 0 Å². The van der Waals surface area contributed by atoms with Gasteiger partial charge in [-0.05, 0) is 47.9 Å². The topological polar surface area (TPSA) is 52.6 Å². The molecule has 0 amide bonds. The lowest BCUT2D eigenvalue weighted by Crippen LogP contribution is -2.29. The molecule has 4 aromatic rings. The fraction of sp³-hybridized carbons (Fsp3) is 0.235. The molecule has 0 heterocycles. The van der Waals surface area contributed by atoms with Crippen LogP contribution in [0.2, 0.25) is 0 Å². The molecule has 200 valence electrons. The summed E-state index contributed by atoms with van der Waals surface area (Å²) in [4.78, 5) is 26.7. The van der Waals surface area contributed by atoms with E-state index in [0.717, 1.165) is 22.3 Å². The SMILES string of the molecule is O=C(OCc1ccccc1)C(CCc1ccccc1)SC(CCc1ccccc1)C(=O)OCc1ccccc1. The minimum Gasteiger partial charge on any atom is -0.460 e. The Balaban J connectivity index is 1.47. The van der Waals surface area contributed by atoms with Gasteiger partial charge in [0.05, 0.1) is 0 Å². The molecule has 0 aliphatic heterocycles. The number of carbonyl (C=O) groups is 2. The maximum Gasteiger partial charge on any atom is 0.319 e. The highest BCUT2D eigenvalue weighted by atomic mass is 32.2. The molecule has 0 saturated carbocycles. The van der Waals surface area contributed by atoms with Crippen molar-refractivity contribution in [2.24, 2.45) is 0 Å². The standard InChI is InChI=1S/C34H34O4S/c35-33(37-25-29-17-9-3-10-18-29)31(23-21-27-13-5-1-6-14-27)39-32(24-22-28-15-7-2-8-16-28)34(36)38-26-30-19-11-4-12-20-30/h1-20,31-32H,21-26H2. The lowest BCUT2D eigenvalue weighted by Gasteiger charge is -2.22. The van der Waals surface area contributed by atoms with Crippen molar-refractivity contribution < 1.29 is 19.1 Å². The molecule has 2 unspecified atom stereocenters. The molecule has 4 rings (SSSR count). The first-order valence-electron chi connectivity index (χ1n) is 13.3. The van der Waals surface area contributed by atoms with Gasteiger partial charge < -0.3 is 9.47 Å². The summed E-state index contributed by atoms with van der Waals surface area (Å²) in [7, 11) is 0. The third kappa shape index (κ3) is 9.77. The molecule has 0 spiro atoms. The summed E-state index contributed by atoms with van der Waals surface area (Å²) in [6, 6.07) is 39.4. The first-order valence-corrected chi connectivity index (χ1v) is 14.3. The van der Waals surface area contributed by atoms with Gasteiger partial charge in [-0.2, -0.15) is 0 Å². The number of benzene rings is 4. The van der Waals surface area contributed by atoms with Crippen LogP contribution in [0.5, 0.6) is 0 Å². The van der Waals surface area contributed by atoms with Gasteiger partial charge in [-0.15, -0.1) is 11.8 Å². The van der Waals surface area contributed by atoms with E-state index in [9.17, 15) is 9.59 Å². The van der Waals surface area contributed by atoms with Gasteiger partial charge in [0.1, 0.15) is 23.7 Å². The summed E-state index contributed by atoms with van der Waals surface area (Å²) in [5, 5.41) is -1.00. The zero-order valence-electron chi connectivity index (χ0n) is 22.0. The van der Waals surface area contributed by atoms with Crippen LogP contribution in [-0.2, 0) is 45.1 Å². The largest absolute Gasteiger partial charge is 0.460 e. The Labute approximate surface area is 235 Å². The fourth-order valence-electron chi connectivity index (χ4n) is 4.21. The minimum absolute atomic E-state index is 0.204. The average Bonchev–Trinajstić information content (AvgIpc) is 3.00. The van der Waals surface area contributed by atoms with Gasteiger partial charge >= 0.3 is 11.9 Å². The zero-order valence-corrected chi connectivity index (χ0v) is 22.8. The van der Waals surface area contributed by atoms with E-state index in [2.05, 4.69) is 24.3 Å². The first kappa shape index (κ1) is 28.2. The molecule has 0 fully saturated rings. The van der Waals surface area contributed by atoms with Crippen LogP contribution in [0.1, 0.15) is 35.1 Å². The molecule has 0 bridgehead atoms. The lowest BCUT2D eigenvalue weighted by atomic mass is 10.1. The Morgan fingerprint density at radius 3 is 1.13 bits per heavy atom. The monoisotopic (exact) mass is 538 g/mol. The number of thioether (sulfide) groups is 1. The number of aryl methyl sites for hydroxylation is 2. The van der Waals surface area contributed by atoms with E-state index in [1.54, 1.807) is 0 Å². The Bertz CT molecular complexity index is 1160. The third-order valence-electron chi connectivity index (χ3n) is 6.38. The maximum absolute atomic E-state index is 13.4. The van der Waals surface area contributed by atoms with Crippen molar-refractivity contribution >= 4 is 23.7 Å². The maximum atomic E-state index is 13.4. The van der Waals surface area contributed by atoms with Gasteiger partial charge in [0.15, 0.2) is 0 Å². The van der Waals surface area contributed by atoms with Gasteiger partial charge in [0.25, 0.3) is 0 Å². The Morgan fingerprint density at radius 2 is 0.795 bits per heavy atom.